The van der Waals surface area contributed by atoms with Crippen LogP contribution in [0.5, 0.6) is 0 Å². The fourth-order valence-corrected chi connectivity index (χ4v) is 1.87. The monoisotopic (exact) mass is 265 g/mol. The van der Waals surface area contributed by atoms with E-state index in [9.17, 15) is 9.50 Å². The van der Waals surface area contributed by atoms with Gasteiger partial charge in [-0.3, -0.25) is 0 Å². The topological polar surface area (TPSA) is 46.2 Å². The second-order valence-electron chi connectivity index (χ2n) is 4.00. The fraction of sp³-hybridized carbons (Fsp3) is 0.455. The highest BCUT2D eigenvalue weighted by Gasteiger charge is 2.35. The zero-order valence-electron chi connectivity index (χ0n) is 8.57. The summed E-state index contributed by atoms with van der Waals surface area (Å²) in [6.07, 6.45) is 1.27. The number of benzene rings is 1. The molecule has 0 aromatic heterocycles. The van der Waals surface area contributed by atoms with Crippen LogP contribution < -0.4 is 5.73 Å². The Labute approximate surface area is 105 Å². The Morgan fingerprint density at radius 3 is 2.62 bits per heavy atom. The standard InChI is InChI=1S/C11H13ClFNO.ClH/c12-8-3-1-2-7(9(8)13)10(14)11(15)6-4-5-6;/h1-3,6,10-11,15H,4-5,14H2;1H/t10-,11+;/m1./s1. The lowest BCUT2D eigenvalue weighted by molar-refractivity contribution is 0.121. The van der Waals surface area contributed by atoms with E-state index in [-0.39, 0.29) is 23.3 Å². The van der Waals surface area contributed by atoms with Crippen molar-refractivity contribution in [2.75, 3.05) is 0 Å². The molecule has 1 fully saturated rings. The lowest BCUT2D eigenvalue weighted by Gasteiger charge is -2.19. The molecule has 0 bridgehead atoms. The maximum absolute atomic E-state index is 13.6. The molecule has 90 valence electrons. The van der Waals surface area contributed by atoms with Gasteiger partial charge in [0.1, 0.15) is 5.82 Å². The highest BCUT2D eigenvalue weighted by Crippen LogP contribution is 2.38. The molecule has 0 amide bonds. The average Bonchev–Trinajstić information content (AvgIpc) is 3.03. The van der Waals surface area contributed by atoms with Crippen molar-refractivity contribution in [3.63, 3.8) is 0 Å². The zero-order valence-corrected chi connectivity index (χ0v) is 10.1. The van der Waals surface area contributed by atoms with Crippen LogP contribution >= 0.6 is 24.0 Å². The maximum atomic E-state index is 13.6. The summed E-state index contributed by atoms with van der Waals surface area (Å²) in [5.74, 6) is -0.301. The van der Waals surface area contributed by atoms with E-state index in [1.165, 1.54) is 6.07 Å². The number of rotatable bonds is 3. The largest absolute Gasteiger partial charge is 0.391 e. The van der Waals surface area contributed by atoms with E-state index < -0.39 is 18.0 Å². The summed E-state index contributed by atoms with van der Waals surface area (Å²) in [7, 11) is 0. The van der Waals surface area contributed by atoms with Gasteiger partial charge in [0.15, 0.2) is 0 Å². The minimum atomic E-state index is -0.684. The number of hydrogen-bond acceptors (Lipinski definition) is 2. The molecule has 3 N–H and O–H groups in total. The Morgan fingerprint density at radius 2 is 2.06 bits per heavy atom. The summed E-state index contributed by atoms with van der Waals surface area (Å²) in [6, 6.07) is 3.99. The molecule has 0 spiro atoms. The predicted molar refractivity (Wildman–Crippen MR) is 64.3 cm³/mol. The normalized spacial score (nSPS) is 18.8. The maximum Gasteiger partial charge on any atom is 0.146 e. The van der Waals surface area contributed by atoms with Gasteiger partial charge >= 0.3 is 0 Å². The third kappa shape index (κ3) is 2.66. The lowest BCUT2D eigenvalue weighted by atomic mass is 9.99. The average molecular weight is 266 g/mol. The van der Waals surface area contributed by atoms with E-state index in [0.29, 0.717) is 5.56 Å². The molecule has 0 unspecified atom stereocenters. The Balaban J connectivity index is 0.00000128. The first-order valence-corrected chi connectivity index (χ1v) is 5.36. The molecule has 2 rings (SSSR count). The molecule has 0 aliphatic heterocycles. The van der Waals surface area contributed by atoms with Crippen molar-refractivity contribution in [2.45, 2.75) is 25.0 Å². The highest BCUT2D eigenvalue weighted by atomic mass is 35.5. The number of nitrogens with two attached hydrogens (primary N) is 1. The van der Waals surface area contributed by atoms with E-state index in [1.807, 2.05) is 0 Å². The van der Waals surface area contributed by atoms with Crippen LogP contribution in [0.25, 0.3) is 0 Å². The van der Waals surface area contributed by atoms with Gasteiger partial charge in [0.2, 0.25) is 0 Å². The molecule has 0 heterocycles. The third-order valence-electron chi connectivity index (χ3n) is 2.81. The predicted octanol–water partition coefficient (Wildman–Crippen LogP) is 2.67. The van der Waals surface area contributed by atoms with Gasteiger partial charge in [-0.25, -0.2) is 4.39 Å². The summed E-state index contributed by atoms with van der Waals surface area (Å²) >= 11 is 5.65. The number of hydrogen-bond donors (Lipinski definition) is 2. The van der Waals surface area contributed by atoms with Gasteiger partial charge in [-0.1, -0.05) is 23.7 Å². The molecule has 1 aliphatic rings. The van der Waals surface area contributed by atoms with Crippen LogP contribution in [0.1, 0.15) is 24.4 Å². The van der Waals surface area contributed by atoms with Gasteiger partial charge in [-0.15, -0.1) is 12.4 Å². The second kappa shape index (κ2) is 5.32. The van der Waals surface area contributed by atoms with Crippen LogP contribution in [0, 0.1) is 11.7 Å². The van der Waals surface area contributed by atoms with Crippen molar-refractivity contribution in [3.8, 4) is 0 Å². The quantitative estimate of drug-likeness (QED) is 0.883. The lowest BCUT2D eigenvalue weighted by Crippen LogP contribution is -2.28. The Hall–Kier alpha value is -0.350. The molecule has 1 saturated carbocycles. The van der Waals surface area contributed by atoms with E-state index in [1.54, 1.807) is 12.1 Å². The Kier molecular flexibility index (Phi) is 4.56. The van der Waals surface area contributed by atoms with Crippen molar-refractivity contribution in [2.24, 2.45) is 11.7 Å². The molecule has 1 aromatic rings. The zero-order chi connectivity index (χ0) is 11.0. The molecule has 0 saturated heterocycles. The van der Waals surface area contributed by atoms with Gasteiger partial charge in [0.25, 0.3) is 0 Å². The van der Waals surface area contributed by atoms with Crippen molar-refractivity contribution in [1.29, 1.82) is 0 Å². The van der Waals surface area contributed by atoms with Gasteiger partial charge in [0, 0.05) is 5.56 Å². The number of aliphatic hydroxyl groups excluding tert-OH is 1. The SMILES string of the molecule is Cl.N[C@H](c1cccc(Cl)c1F)[C@@H](O)C1CC1. The van der Waals surface area contributed by atoms with Gasteiger partial charge in [-0.2, -0.15) is 0 Å². The molecular weight excluding hydrogens is 252 g/mol. The van der Waals surface area contributed by atoms with E-state index in [4.69, 9.17) is 17.3 Å². The van der Waals surface area contributed by atoms with Gasteiger partial charge < -0.3 is 10.8 Å². The van der Waals surface area contributed by atoms with Crippen LogP contribution in [0.3, 0.4) is 0 Å². The second-order valence-corrected chi connectivity index (χ2v) is 4.40. The van der Waals surface area contributed by atoms with Crippen molar-refractivity contribution in [3.05, 3.63) is 34.6 Å². The highest BCUT2D eigenvalue weighted by molar-refractivity contribution is 6.30. The molecule has 1 aromatic carbocycles. The molecular formula is C11H14Cl2FNO. The fourth-order valence-electron chi connectivity index (χ4n) is 1.69. The first kappa shape index (κ1) is 13.7. The summed E-state index contributed by atoms with van der Waals surface area (Å²) in [5.41, 5.74) is 6.09. The Morgan fingerprint density at radius 1 is 1.44 bits per heavy atom. The van der Waals surface area contributed by atoms with Crippen LogP contribution in [-0.4, -0.2) is 11.2 Å². The number of halogens is 3. The first-order valence-electron chi connectivity index (χ1n) is 4.99. The molecule has 2 nitrogen and oxygen atoms in total. The van der Waals surface area contributed by atoms with Crippen molar-refractivity contribution < 1.29 is 9.50 Å². The van der Waals surface area contributed by atoms with Crippen LogP contribution in [0.4, 0.5) is 4.39 Å². The van der Waals surface area contributed by atoms with E-state index in [2.05, 4.69) is 0 Å². The van der Waals surface area contributed by atoms with Crippen LogP contribution in [-0.2, 0) is 0 Å². The smallest absolute Gasteiger partial charge is 0.146 e. The molecule has 1 aliphatic carbocycles. The summed E-state index contributed by atoms with van der Waals surface area (Å²) in [5, 5.41) is 9.84. The minimum absolute atomic E-state index is 0. The van der Waals surface area contributed by atoms with Gasteiger partial charge in [-0.05, 0) is 24.8 Å². The van der Waals surface area contributed by atoms with Crippen LogP contribution in [0.15, 0.2) is 18.2 Å². The third-order valence-corrected chi connectivity index (χ3v) is 3.11. The molecule has 2 atom stereocenters. The Bertz CT molecular complexity index is 371. The van der Waals surface area contributed by atoms with Crippen molar-refractivity contribution in [1.82, 2.24) is 0 Å². The molecule has 5 heteroatoms. The molecule has 16 heavy (non-hydrogen) atoms. The summed E-state index contributed by atoms with van der Waals surface area (Å²) < 4.78 is 13.6. The van der Waals surface area contributed by atoms with Crippen molar-refractivity contribution >= 4 is 24.0 Å². The number of aliphatic hydroxyl groups is 1. The van der Waals surface area contributed by atoms with Crippen LogP contribution in [0.2, 0.25) is 5.02 Å². The first-order chi connectivity index (χ1) is 7.11. The molecule has 0 radical (unpaired) electrons. The van der Waals surface area contributed by atoms with Gasteiger partial charge in [0.05, 0.1) is 17.2 Å². The minimum Gasteiger partial charge on any atom is -0.391 e. The van der Waals surface area contributed by atoms with E-state index >= 15 is 0 Å². The summed E-state index contributed by atoms with van der Waals surface area (Å²) in [4.78, 5) is 0. The van der Waals surface area contributed by atoms with E-state index in [0.717, 1.165) is 12.8 Å². The summed E-state index contributed by atoms with van der Waals surface area (Å²) in [6.45, 7) is 0.